The number of carbonyl (C=O) groups is 1. The maximum Gasteiger partial charge on any atom is 0.236 e. The van der Waals surface area contributed by atoms with E-state index >= 15 is 0 Å². The molecule has 0 saturated carbocycles. The zero-order valence-corrected chi connectivity index (χ0v) is 7.99. The molecule has 2 rings (SSSR count). The number of nitrogens with one attached hydrogen (secondary N) is 2. The first-order valence-corrected chi connectivity index (χ1v) is 4.83. The Labute approximate surface area is 82.5 Å². The van der Waals surface area contributed by atoms with Crippen LogP contribution < -0.4 is 16.4 Å². The van der Waals surface area contributed by atoms with Crippen molar-refractivity contribution in [3.8, 4) is 0 Å². The fraction of sp³-hybridized carbons (Fsp3) is 0.750. The molecule has 0 radical (unpaired) electrons. The van der Waals surface area contributed by atoms with Crippen molar-refractivity contribution in [2.75, 3.05) is 32.7 Å². The van der Waals surface area contributed by atoms with Crippen LogP contribution in [0.1, 0.15) is 0 Å². The highest BCUT2D eigenvalue weighted by molar-refractivity contribution is 5.84. The second-order valence-corrected chi connectivity index (χ2v) is 3.49. The summed E-state index contributed by atoms with van der Waals surface area (Å²) in [6.45, 7) is 3.96. The Morgan fingerprint density at radius 2 is 2.43 bits per heavy atom. The molecule has 0 aromatic rings. The van der Waals surface area contributed by atoms with E-state index < -0.39 is 0 Å². The van der Waals surface area contributed by atoms with Crippen molar-refractivity contribution in [1.82, 2.24) is 15.5 Å². The summed E-state index contributed by atoms with van der Waals surface area (Å²) >= 11 is 0. The number of hydrogen-bond donors (Lipinski definition) is 3. The number of carbonyl (C=O) groups excluding carboxylic acids is 1. The summed E-state index contributed by atoms with van der Waals surface area (Å²) in [7, 11) is 0. The summed E-state index contributed by atoms with van der Waals surface area (Å²) in [6.07, 6.45) is 0. The topological polar surface area (TPSA) is 82.8 Å². The molecule has 1 atom stereocenters. The molecule has 0 aliphatic carbocycles. The lowest BCUT2D eigenvalue weighted by Crippen LogP contribution is -2.58. The molecule has 2 aliphatic heterocycles. The van der Waals surface area contributed by atoms with Crippen LogP contribution in [0.25, 0.3) is 0 Å². The Bertz CT molecular complexity index is 264. The molecule has 0 bridgehead atoms. The third-order valence-electron chi connectivity index (χ3n) is 2.47. The predicted octanol–water partition coefficient (Wildman–Crippen LogP) is -2.30. The maximum absolute atomic E-state index is 11.0. The third kappa shape index (κ3) is 1.79. The Kier molecular flexibility index (Phi) is 2.53. The van der Waals surface area contributed by atoms with Crippen LogP contribution in [0.3, 0.4) is 0 Å². The van der Waals surface area contributed by atoms with Gasteiger partial charge in [-0.05, 0) is 0 Å². The minimum atomic E-state index is -0.298. The second-order valence-electron chi connectivity index (χ2n) is 3.49. The van der Waals surface area contributed by atoms with E-state index in [1.54, 1.807) is 0 Å². The first-order chi connectivity index (χ1) is 6.77. The van der Waals surface area contributed by atoms with Gasteiger partial charge in [-0.25, -0.2) is 0 Å². The van der Waals surface area contributed by atoms with E-state index in [2.05, 4.69) is 20.5 Å². The van der Waals surface area contributed by atoms with Crippen LogP contribution in [-0.4, -0.2) is 55.5 Å². The van der Waals surface area contributed by atoms with Crippen LogP contribution in [0.2, 0.25) is 0 Å². The Morgan fingerprint density at radius 1 is 1.57 bits per heavy atom. The van der Waals surface area contributed by atoms with Crippen LogP contribution in [0, 0.1) is 0 Å². The van der Waals surface area contributed by atoms with Gasteiger partial charge in [0.15, 0.2) is 5.96 Å². The molecule has 0 aromatic heterocycles. The lowest BCUT2D eigenvalue weighted by atomic mass is 10.2. The van der Waals surface area contributed by atoms with Gasteiger partial charge in [0, 0.05) is 26.2 Å². The van der Waals surface area contributed by atoms with Gasteiger partial charge in [0.1, 0.15) is 6.04 Å². The summed E-state index contributed by atoms with van der Waals surface area (Å²) in [6, 6.07) is -0.256. The molecule has 4 N–H and O–H groups in total. The van der Waals surface area contributed by atoms with Gasteiger partial charge in [0.2, 0.25) is 5.91 Å². The fourth-order valence-electron chi connectivity index (χ4n) is 1.73. The molecule has 78 valence electrons. The first kappa shape index (κ1) is 9.26. The van der Waals surface area contributed by atoms with E-state index in [0.717, 1.165) is 32.1 Å². The van der Waals surface area contributed by atoms with Gasteiger partial charge >= 0.3 is 0 Å². The molecule has 0 aromatic carbocycles. The maximum atomic E-state index is 11.0. The number of piperazine rings is 1. The average molecular weight is 197 g/mol. The van der Waals surface area contributed by atoms with E-state index in [1.807, 2.05) is 0 Å². The zero-order chi connectivity index (χ0) is 9.97. The molecular formula is C8H15N5O. The van der Waals surface area contributed by atoms with Crippen molar-refractivity contribution >= 4 is 11.9 Å². The number of guanidine groups is 1. The van der Waals surface area contributed by atoms with E-state index in [1.165, 1.54) is 0 Å². The zero-order valence-electron chi connectivity index (χ0n) is 7.99. The van der Waals surface area contributed by atoms with Crippen molar-refractivity contribution in [2.24, 2.45) is 10.7 Å². The first-order valence-electron chi connectivity index (χ1n) is 4.83. The quantitative estimate of drug-likeness (QED) is 0.441. The van der Waals surface area contributed by atoms with Crippen molar-refractivity contribution in [3.63, 3.8) is 0 Å². The number of primary amides is 1. The van der Waals surface area contributed by atoms with E-state index in [4.69, 9.17) is 5.73 Å². The van der Waals surface area contributed by atoms with Crippen LogP contribution in [0.15, 0.2) is 4.99 Å². The molecule has 6 nitrogen and oxygen atoms in total. The summed E-state index contributed by atoms with van der Waals surface area (Å²) in [5.74, 6) is 0.603. The number of amides is 1. The number of nitrogens with zero attached hydrogens (tertiary/aromatic N) is 2. The van der Waals surface area contributed by atoms with Crippen molar-refractivity contribution < 1.29 is 4.79 Å². The smallest absolute Gasteiger partial charge is 0.236 e. The number of aliphatic imine (C=N–C) groups is 1. The summed E-state index contributed by atoms with van der Waals surface area (Å²) in [4.78, 5) is 17.4. The molecule has 2 aliphatic rings. The van der Waals surface area contributed by atoms with Gasteiger partial charge in [0.25, 0.3) is 0 Å². The molecular weight excluding hydrogens is 182 g/mol. The summed E-state index contributed by atoms with van der Waals surface area (Å²) < 4.78 is 0. The van der Waals surface area contributed by atoms with Gasteiger partial charge in [0.05, 0.1) is 6.54 Å². The number of nitrogens with two attached hydrogens (primary N) is 1. The molecule has 1 amide bonds. The highest BCUT2D eigenvalue weighted by atomic mass is 16.1. The minimum Gasteiger partial charge on any atom is -0.368 e. The third-order valence-corrected chi connectivity index (χ3v) is 2.47. The highest BCUT2D eigenvalue weighted by Crippen LogP contribution is 2.01. The van der Waals surface area contributed by atoms with Crippen molar-refractivity contribution in [2.45, 2.75) is 6.04 Å². The van der Waals surface area contributed by atoms with Gasteiger partial charge in [-0.2, -0.15) is 0 Å². The SMILES string of the molecule is NC(=O)C1CN(C2=NCCN2)CCN1. The van der Waals surface area contributed by atoms with Crippen LogP contribution in [-0.2, 0) is 4.79 Å². The normalized spacial score (nSPS) is 27.0. The average Bonchev–Trinajstić information content (AvgIpc) is 2.71. The molecule has 1 unspecified atom stereocenters. The Balaban J connectivity index is 1.96. The molecule has 14 heavy (non-hydrogen) atoms. The molecule has 2 heterocycles. The Morgan fingerprint density at radius 3 is 3.07 bits per heavy atom. The lowest BCUT2D eigenvalue weighted by molar-refractivity contribution is -0.120. The standard InChI is InChI=1S/C8H15N5O/c9-7(14)6-5-13(4-3-10-6)8-11-1-2-12-8/h6,10H,1-5H2,(H2,9,14)(H,11,12). The van der Waals surface area contributed by atoms with Crippen LogP contribution >= 0.6 is 0 Å². The van der Waals surface area contributed by atoms with E-state index in [-0.39, 0.29) is 11.9 Å². The van der Waals surface area contributed by atoms with Crippen molar-refractivity contribution in [1.29, 1.82) is 0 Å². The van der Waals surface area contributed by atoms with Gasteiger partial charge in [-0.3, -0.25) is 9.79 Å². The lowest BCUT2D eigenvalue weighted by Gasteiger charge is -2.33. The molecule has 0 spiro atoms. The summed E-state index contributed by atoms with van der Waals surface area (Å²) in [5.41, 5.74) is 5.24. The number of hydrogen-bond acceptors (Lipinski definition) is 5. The number of rotatable bonds is 1. The van der Waals surface area contributed by atoms with Gasteiger partial charge in [-0.15, -0.1) is 0 Å². The molecule has 1 fully saturated rings. The summed E-state index contributed by atoms with van der Waals surface area (Å²) in [5, 5.41) is 6.25. The Hall–Kier alpha value is -1.30. The predicted molar refractivity (Wildman–Crippen MR) is 52.9 cm³/mol. The van der Waals surface area contributed by atoms with E-state index in [0.29, 0.717) is 6.54 Å². The fourth-order valence-corrected chi connectivity index (χ4v) is 1.73. The van der Waals surface area contributed by atoms with Crippen molar-refractivity contribution in [3.05, 3.63) is 0 Å². The largest absolute Gasteiger partial charge is 0.368 e. The van der Waals surface area contributed by atoms with Gasteiger partial charge in [-0.1, -0.05) is 0 Å². The molecule has 6 heteroatoms. The van der Waals surface area contributed by atoms with Gasteiger partial charge < -0.3 is 21.3 Å². The van der Waals surface area contributed by atoms with E-state index in [9.17, 15) is 4.79 Å². The minimum absolute atomic E-state index is 0.256. The van der Waals surface area contributed by atoms with Crippen LogP contribution in [0.4, 0.5) is 0 Å². The monoisotopic (exact) mass is 197 g/mol. The second kappa shape index (κ2) is 3.83. The van der Waals surface area contributed by atoms with Crippen LogP contribution in [0.5, 0.6) is 0 Å². The highest BCUT2D eigenvalue weighted by Gasteiger charge is 2.26. The molecule has 1 saturated heterocycles.